The Balaban J connectivity index is 4.58. The van der Waals surface area contributed by atoms with Crippen molar-refractivity contribution in [1.29, 1.82) is 0 Å². The lowest BCUT2D eigenvalue weighted by Gasteiger charge is -2.18. The Morgan fingerprint density at radius 1 is 0.333 bits per heavy atom. The number of unbranched alkanes of at least 4 members (excludes halogenated alkanes) is 15. The summed E-state index contributed by atoms with van der Waals surface area (Å²) in [5.41, 5.74) is 0. The molecule has 0 N–H and O–H groups in total. The molecule has 0 radical (unpaired) electrons. The third kappa shape index (κ3) is 50.5. The average Bonchev–Trinajstić information content (AvgIpc) is 3.31. The Kier molecular flexibility index (Phi) is 49.6. The highest BCUT2D eigenvalue weighted by molar-refractivity contribution is 5.71. The van der Waals surface area contributed by atoms with E-state index >= 15 is 0 Å². The van der Waals surface area contributed by atoms with Gasteiger partial charge < -0.3 is 14.2 Å². The Hall–Kier alpha value is -4.45. The zero-order valence-electron chi connectivity index (χ0n) is 42.1. The maximum absolute atomic E-state index is 12.8. The van der Waals surface area contributed by atoms with Crippen LogP contribution in [0.2, 0.25) is 0 Å². The second-order valence-corrected chi connectivity index (χ2v) is 16.8. The molecular weight excluding hydrogens is 817 g/mol. The molecule has 0 aromatic rings. The van der Waals surface area contributed by atoms with Crippen molar-refractivity contribution in [3.8, 4) is 0 Å². The monoisotopic (exact) mass is 911 g/mol. The van der Waals surface area contributed by atoms with Gasteiger partial charge in [-0.05, 0) is 103 Å². The summed E-state index contributed by atoms with van der Waals surface area (Å²) >= 11 is 0. The van der Waals surface area contributed by atoms with E-state index in [2.05, 4.69) is 106 Å². The topological polar surface area (TPSA) is 78.9 Å². The minimum atomic E-state index is -0.833. The minimum Gasteiger partial charge on any atom is -0.462 e. The molecule has 0 amide bonds. The molecule has 0 aliphatic carbocycles. The zero-order valence-corrected chi connectivity index (χ0v) is 42.1. The van der Waals surface area contributed by atoms with Crippen LogP contribution in [-0.4, -0.2) is 37.2 Å². The molecule has 370 valence electrons. The first-order chi connectivity index (χ1) is 32.5. The predicted octanol–water partition coefficient (Wildman–Crippen LogP) is 17.5. The van der Waals surface area contributed by atoms with E-state index in [1.54, 1.807) is 0 Å². The number of allylic oxidation sites excluding steroid dienone is 22. The fourth-order valence-electron chi connectivity index (χ4n) is 6.59. The molecule has 0 aliphatic rings. The molecule has 66 heavy (non-hydrogen) atoms. The van der Waals surface area contributed by atoms with Crippen molar-refractivity contribution in [1.82, 2.24) is 0 Å². The molecule has 0 heterocycles. The summed E-state index contributed by atoms with van der Waals surface area (Å²) in [4.78, 5) is 38.0. The molecule has 0 saturated heterocycles. The molecule has 0 rings (SSSR count). The van der Waals surface area contributed by atoms with E-state index in [9.17, 15) is 14.4 Å². The average molecular weight is 911 g/mol. The van der Waals surface area contributed by atoms with Crippen molar-refractivity contribution >= 4 is 17.9 Å². The molecule has 6 heteroatoms. The first-order valence-corrected chi connectivity index (χ1v) is 26.2. The second-order valence-electron chi connectivity index (χ2n) is 16.8. The van der Waals surface area contributed by atoms with Crippen LogP contribution in [0.15, 0.2) is 134 Å². The van der Waals surface area contributed by atoms with Gasteiger partial charge in [0.1, 0.15) is 13.2 Å². The van der Waals surface area contributed by atoms with E-state index in [1.807, 2.05) is 48.6 Å². The third-order valence-corrected chi connectivity index (χ3v) is 10.5. The van der Waals surface area contributed by atoms with Crippen molar-refractivity contribution in [3.63, 3.8) is 0 Å². The van der Waals surface area contributed by atoms with E-state index in [0.29, 0.717) is 12.8 Å². The molecule has 0 aromatic heterocycles. The molecule has 1 unspecified atom stereocenters. The molecule has 0 fully saturated rings. The molecule has 0 spiro atoms. The van der Waals surface area contributed by atoms with E-state index in [1.165, 1.54) is 57.8 Å². The normalized spacial score (nSPS) is 13.2. The standard InChI is InChI=1S/C60H94O6/c1-4-7-10-13-16-19-22-25-27-29-30-31-33-35-38-41-44-47-50-53-59(62)65-56-57(55-64-58(61)52-49-46-43-40-37-34-24-21-18-15-12-9-6-3)66-60(63)54-51-48-45-42-39-36-32-28-26-23-20-17-14-11-8-5-2/h7,9-10,12,15-16,18-19,21,24-25,27-28,30-32,34-35,37-38,44,47,57H,4-6,8,11,13-14,17,20,22-23,26,29,33,36,39-43,45-46,48-56H2,1-3H3/b10-7+,12-9+,18-15+,19-16+,24-21+,27-25+,31-30+,32-28+,37-34+,38-35+,47-44+. The minimum absolute atomic E-state index is 0.130. The van der Waals surface area contributed by atoms with E-state index in [-0.39, 0.29) is 44.0 Å². The Morgan fingerprint density at radius 3 is 1.21 bits per heavy atom. The van der Waals surface area contributed by atoms with Gasteiger partial charge in [-0.3, -0.25) is 14.4 Å². The lowest BCUT2D eigenvalue weighted by Crippen LogP contribution is -2.30. The van der Waals surface area contributed by atoms with Gasteiger partial charge in [0.25, 0.3) is 0 Å². The number of hydrogen-bond donors (Lipinski definition) is 0. The molecule has 0 aliphatic heterocycles. The van der Waals surface area contributed by atoms with Gasteiger partial charge in [0.15, 0.2) is 6.10 Å². The maximum atomic E-state index is 12.8. The molecule has 0 aromatic carbocycles. The number of esters is 3. The number of hydrogen-bond acceptors (Lipinski definition) is 6. The molecule has 6 nitrogen and oxygen atoms in total. The largest absolute Gasteiger partial charge is 0.462 e. The van der Waals surface area contributed by atoms with E-state index in [4.69, 9.17) is 14.2 Å². The summed E-state index contributed by atoms with van der Waals surface area (Å²) in [6.45, 7) is 6.25. The van der Waals surface area contributed by atoms with Gasteiger partial charge in [0.2, 0.25) is 0 Å². The van der Waals surface area contributed by atoms with Crippen molar-refractivity contribution in [3.05, 3.63) is 134 Å². The van der Waals surface area contributed by atoms with Crippen molar-refractivity contribution in [2.45, 2.75) is 213 Å². The van der Waals surface area contributed by atoms with Crippen molar-refractivity contribution < 1.29 is 28.6 Å². The number of carbonyl (C=O) groups is 3. The maximum Gasteiger partial charge on any atom is 0.306 e. The predicted molar refractivity (Wildman–Crippen MR) is 283 cm³/mol. The zero-order chi connectivity index (χ0) is 47.9. The van der Waals surface area contributed by atoms with Gasteiger partial charge in [-0.15, -0.1) is 0 Å². The van der Waals surface area contributed by atoms with Crippen LogP contribution in [0, 0.1) is 0 Å². The SMILES string of the molecule is CC/C=C/C=C/C=C/C=C/CCCCCC(=O)OCC(COC(=O)CC/C=C/C/C=C/C/C=C/C/C=C/C/C=C/C/C=C/CC)OC(=O)CCCCCCC/C=C/CCCCCCCCC. The van der Waals surface area contributed by atoms with Gasteiger partial charge in [0, 0.05) is 19.3 Å². The van der Waals surface area contributed by atoms with Gasteiger partial charge >= 0.3 is 17.9 Å². The number of rotatable bonds is 45. The molecular formula is C60H94O6. The highest BCUT2D eigenvalue weighted by Crippen LogP contribution is 2.12. The van der Waals surface area contributed by atoms with Crippen LogP contribution in [0.1, 0.15) is 207 Å². The number of carbonyl (C=O) groups excluding carboxylic acids is 3. The fourth-order valence-corrected chi connectivity index (χ4v) is 6.59. The summed E-state index contributed by atoms with van der Waals surface area (Å²) in [5, 5.41) is 0. The summed E-state index contributed by atoms with van der Waals surface area (Å²) in [6.07, 6.45) is 74.5. The Labute approximate surface area is 405 Å². The van der Waals surface area contributed by atoms with E-state index in [0.717, 1.165) is 103 Å². The molecule has 0 saturated carbocycles. The van der Waals surface area contributed by atoms with Gasteiger partial charge in [0.05, 0.1) is 0 Å². The first kappa shape index (κ1) is 61.5. The first-order valence-electron chi connectivity index (χ1n) is 26.2. The Bertz CT molecular complexity index is 1460. The lowest BCUT2D eigenvalue weighted by atomic mass is 10.1. The van der Waals surface area contributed by atoms with Gasteiger partial charge in [-0.1, -0.05) is 219 Å². The lowest BCUT2D eigenvalue weighted by molar-refractivity contribution is -0.166. The van der Waals surface area contributed by atoms with Gasteiger partial charge in [-0.2, -0.15) is 0 Å². The Morgan fingerprint density at radius 2 is 0.697 bits per heavy atom. The van der Waals surface area contributed by atoms with Crippen LogP contribution in [0.4, 0.5) is 0 Å². The van der Waals surface area contributed by atoms with Crippen LogP contribution in [0.25, 0.3) is 0 Å². The van der Waals surface area contributed by atoms with Crippen LogP contribution in [-0.2, 0) is 28.6 Å². The smallest absolute Gasteiger partial charge is 0.306 e. The van der Waals surface area contributed by atoms with E-state index < -0.39 is 6.10 Å². The van der Waals surface area contributed by atoms with Crippen LogP contribution in [0.3, 0.4) is 0 Å². The third-order valence-electron chi connectivity index (χ3n) is 10.5. The summed E-state index contributed by atoms with van der Waals surface area (Å²) < 4.78 is 16.7. The molecule has 0 bridgehead atoms. The van der Waals surface area contributed by atoms with Crippen molar-refractivity contribution in [2.75, 3.05) is 13.2 Å². The summed E-state index contributed by atoms with van der Waals surface area (Å²) in [7, 11) is 0. The quantitative estimate of drug-likeness (QED) is 0.0199. The summed E-state index contributed by atoms with van der Waals surface area (Å²) in [6, 6.07) is 0. The highest BCUT2D eigenvalue weighted by atomic mass is 16.6. The summed E-state index contributed by atoms with van der Waals surface area (Å²) in [5.74, 6) is -1.07. The van der Waals surface area contributed by atoms with Gasteiger partial charge in [-0.25, -0.2) is 0 Å². The highest BCUT2D eigenvalue weighted by Gasteiger charge is 2.19. The fraction of sp³-hybridized carbons (Fsp3) is 0.583. The van der Waals surface area contributed by atoms with Crippen LogP contribution in [0.5, 0.6) is 0 Å². The van der Waals surface area contributed by atoms with Crippen molar-refractivity contribution in [2.24, 2.45) is 0 Å². The molecule has 1 atom stereocenters. The van der Waals surface area contributed by atoms with Crippen LogP contribution >= 0.6 is 0 Å². The second kappa shape index (κ2) is 53.2. The number of ether oxygens (including phenoxy) is 3. The van der Waals surface area contributed by atoms with Crippen LogP contribution < -0.4 is 0 Å².